The topological polar surface area (TPSA) is 56.8 Å². The first kappa shape index (κ1) is 12.5. The largest absolute Gasteiger partial charge is 0.493 e. The van der Waals surface area contributed by atoms with Crippen molar-refractivity contribution < 1.29 is 19.0 Å². The molecule has 98 valence electrons. The van der Waals surface area contributed by atoms with Crippen LogP contribution in [0, 0.1) is 0 Å². The number of hydrogen-bond donors (Lipinski definition) is 1. The van der Waals surface area contributed by atoms with E-state index in [0.717, 1.165) is 5.56 Å². The SMILES string of the molecule is COc1cc2c(c(OC)c1OC)C(C)(C)C(=O)N2. The normalized spacial score (nSPS) is 15.9. The summed E-state index contributed by atoms with van der Waals surface area (Å²) in [5.74, 6) is 1.51. The summed E-state index contributed by atoms with van der Waals surface area (Å²) >= 11 is 0. The number of methoxy groups -OCH3 is 3. The fraction of sp³-hybridized carbons (Fsp3) is 0.462. The van der Waals surface area contributed by atoms with Gasteiger partial charge in [-0.2, -0.15) is 0 Å². The van der Waals surface area contributed by atoms with Gasteiger partial charge in [0.1, 0.15) is 0 Å². The highest BCUT2D eigenvalue weighted by Crippen LogP contribution is 2.51. The molecule has 0 radical (unpaired) electrons. The van der Waals surface area contributed by atoms with E-state index in [1.165, 1.54) is 0 Å². The molecule has 5 heteroatoms. The Kier molecular flexibility index (Phi) is 2.84. The van der Waals surface area contributed by atoms with Crippen LogP contribution in [0.25, 0.3) is 0 Å². The predicted octanol–water partition coefficient (Wildman–Crippen LogP) is 1.94. The molecule has 0 saturated heterocycles. The Morgan fingerprint density at radius 1 is 1.06 bits per heavy atom. The first-order valence-electron chi connectivity index (χ1n) is 5.62. The number of fused-ring (bicyclic) bond motifs is 1. The molecule has 0 aliphatic carbocycles. The highest BCUT2D eigenvalue weighted by atomic mass is 16.5. The highest BCUT2D eigenvalue weighted by molar-refractivity contribution is 6.07. The summed E-state index contributed by atoms with van der Waals surface area (Å²) in [6.07, 6.45) is 0. The van der Waals surface area contributed by atoms with E-state index in [1.54, 1.807) is 27.4 Å². The molecule has 1 heterocycles. The zero-order chi connectivity index (χ0) is 13.5. The lowest BCUT2D eigenvalue weighted by atomic mass is 9.85. The molecule has 0 bridgehead atoms. The van der Waals surface area contributed by atoms with Crippen LogP contribution in [0.3, 0.4) is 0 Å². The molecule has 0 atom stereocenters. The van der Waals surface area contributed by atoms with Crippen LogP contribution >= 0.6 is 0 Å². The van der Waals surface area contributed by atoms with E-state index in [0.29, 0.717) is 22.9 Å². The van der Waals surface area contributed by atoms with Crippen LogP contribution in [0.15, 0.2) is 6.07 Å². The average Bonchev–Trinajstić information content (AvgIpc) is 2.57. The van der Waals surface area contributed by atoms with Gasteiger partial charge in [0.2, 0.25) is 11.7 Å². The van der Waals surface area contributed by atoms with Gasteiger partial charge in [0.05, 0.1) is 32.4 Å². The van der Waals surface area contributed by atoms with E-state index < -0.39 is 5.41 Å². The number of ether oxygens (including phenoxy) is 3. The number of hydrogen-bond acceptors (Lipinski definition) is 4. The number of anilines is 1. The van der Waals surface area contributed by atoms with Crippen molar-refractivity contribution in [3.8, 4) is 17.2 Å². The third-order valence-electron chi connectivity index (χ3n) is 3.27. The molecule has 1 aliphatic rings. The minimum Gasteiger partial charge on any atom is -0.493 e. The molecule has 1 aliphatic heterocycles. The lowest BCUT2D eigenvalue weighted by molar-refractivity contribution is -0.119. The second-order valence-electron chi connectivity index (χ2n) is 4.65. The van der Waals surface area contributed by atoms with Crippen LogP contribution in [-0.4, -0.2) is 27.2 Å². The fourth-order valence-electron chi connectivity index (χ4n) is 2.27. The van der Waals surface area contributed by atoms with Crippen molar-refractivity contribution in [1.82, 2.24) is 0 Å². The summed E-state index contributed by atoms with van der Waals surface area (Å²) in [5, 5.41) is 2.83. The summed E-state index contributed by atoms with van der Waals surface area (Å²) in [7, 11) is 4.64. The third kappa shape index (κ3) is 1.50. The fourth-order valence-corrected chi connectivity index (χ4v) is 2.27. The van der Waals surface area contributed by atoms with Crippen LogP contribution in [0.1, 0.15) is 19.4 Å². The van der Waals surface area contributed by atoms with Crippen LogP contribution in [-0.2, 0) is 10.2 Å². The van der Waals surface area contributed by atoms with E-state index in [1.807, 2.05) is 13.8 Å². The van der Waals surface area contributed by atoms with Crippen LogP contribution in [0.5, 0.6) is 17.2 Å². The molecule has 0 aromatic heterocycles. The van der Waals surface area contributed by atoms with Crippen LogP contribution in [0.2, 0.25) is 0 Å². The maximum absolute atomic E-state index is 12.0. The maximum Gasteiger partial charge on any atom is 0.234 e. The van der Waals surface area contributed by atoms with Crippen molar-refractivity contribution in [2.24, 2.45) is 0 Å². The maximum atomic E-state index is 12.0. The van der Waals surface area contributed by atoms with E-state index >= 15 is 0 Å². The number of rotatable bonds is 3. The monoisotopic (exact) mass is 251 g/mol. The van der Waals surface area contributed by atoms with Crippen molar-refractivity contribution in [3.63, 3.8) is 0 Å². The molecule has 0 fully saturated rings. The quantitative estimate of drug-likeness (QED) is 0.892. The Labute approximate surface area is 106 Å². The molecule has 1 N–H and O–H groups in total. The molecule has 5 nitrogen and oxygen atoms in total. The van der Waals surface area contributed by atoms with Crippen molar-refractivity contribution in [3.05, 3.63) is 11.6 Å². The number of amides is 1. The van der Waals surface area contributed by atoms with E-state index in [2.05, 4.69) is 5.32 Å². The Bertz CT molecular complexity index is 508. The summed E-state index contributed by atoms with van der Waals surface area (Å²) in [5.41, 5.74) is 0.854. The summed E-state index contributed by atoms with van der Waals surface area (Å²) < 4.78 is 16.0. The zero-order valence-corrected chi connectivity index (χ0v) is 11.2. The minimum absolute atomic E-state index is 0.0638. The van der Waals surface area contributed by atoms with Gasteiger partial charge in [0, 0.05) is 11.6 Å². The first-order chi connectivity index (χ1) is 8.47. The Morgan fingerprint density at radius 3 is 2.17 bits per heavy atom. The molecule has 1 amide bonds. The second-order valence-corrected chi connectivity index (χ2v) is 4.65. The van der Waals surface area contributed by atoms with Crippen molar-refractivity contribution in [2.45, 2.75) is 19.3 Å². The molecule has 0 spiro atoms. The predicted molar refractivity (Wildman–Crippen MR) is 67.8 cm³/mol. The molecule has 0 unspecified atom stereocenters. The lowest BCUT2D eigenvalue weighted by Gasteiger charge is -2.21. The molecule has 0 saturated carbocycles. The molecule has 1 aromatic rings. The number of carbonyl (C=O) groups is 1. The Hall–Kier alpha value is -1.91. The van der Waals surface area contributed by atoms with Gasteiger partial charge in [-0.15, -0.1) is 0 Å². The van der Waals surface area contributed by atoms with E-state index in [9.17, 15) is 4.79 Å². The second kappa shape index (κ2) is 4.08. The van der Waals surface area contributed by atoms with Gasteiger partial charge >= 0.3 is 0 Å². The zero-order valence-electron chi connectivity index (χ0n) is 11.2. The highest BCUT2D eigenvalue weighted by Gasteiger charge is 2.43. The van der Waals surface area contributed by atoms with E-state index in [-0.39, 0.29) is 5.91 Å². The number of benzene rings is 1. The molecule has 2 rings (SSSR count). The van der Waals surface area contributed by atoms with Crippen LogP contribution < -0.4 is 19.5 Å². The summed E-state index contributed by atoms with van der Waals surface area (Å²) in [6.45, 7) is 3.70. The van der Waals surface area contributed by atoms with Gasteiger partial charge in [-0.25, -0.2) is 0 Å². The van der Waals surface area contributed by atoms with Crippen molar-refractivity contribution >= 4 is 11.6 Å². The number of nitrogens with one attached hydrogen (secondary N) is 1. The average molecular weight is 251 g/mol. The Balaban J connectivity index is 2.77. The lowest BCUT2D eigenvalue weighted by Crippen LogP contribution is -2.27. The summed E-state index contributed by atoms with van der Waals surface area (Å²) in [4.78, 5) is 12.0. The minimum atomic E-state index is -0.653. The van der Waals surface area contributed by atoms with Crippen molar-refractivity contribution in [2.75, 3.05) is 26.6 Å². The van der Waals surface area contributed by atoms with Gasteiger partial charge in [0.25, 0.3) is 0 Å². The smallest absolute Gasteiger partial charge is 0.234 e. The molecular weight excluding hydrogens is 234 g/mol. The molecular formula is C13H17NO4. The molecule has 1 aromatic carbocycles. The standard InChI is InChI=1S/C13H17NO4/c1-13(2)9-7(14-12(13)15)6-8(16-3)10(17-4)11(9)18-5/h6H,1-5H3,(H,14,15). The third-order valence-corrected chi connectivity index (χ3v) is 3.27. The van der Waals surface area contributed by atoms with Crippen LogP contribution in [0.4, 0.5) is 5.69 Å². The van der Waals surface area contributed by atoms with Gasteiger partial charge in [0.15, 0.2) is 11.5 Å². The molecule has 18 heavy (non-hydrogen) atoms. The van der Waals surface area contributed by atoms with Gasteiger partial charge in [-0.05, 0) is 13.8 Å². The Morgan fingerprint density at radius 2 is 1.67 bits per heavy atom. The van der Waals surface area contributed by atoms with Gasteiger partial charge in [-0.1, -0.05) is 0 Å². The summed E-state index contributed by atoms with van der Waals surface area (Å²) in [6, 6.07) is 1.75. The first-order valence-corrected chi connectivity index (χ1v) is 5.62. The van der Waals surface area contributed by atoms with E-state index in [4.69, 9.17) is 14.2 Å². The van der Waals surface area contributed by atoms with Gasteiger partial charge < -0.3 is 19.5 Å². The van der Waals surface area contributed by atoms with Crippen molar-refractivity contribution in [1.29, 1.82) is 0 Å². The van der Waals surface area contributed by atoms with Gasteiger partial charge in [-0.3, -0.25) is 4.79 Å². The number of carbonyl (C=O) groups excluding carboxylic acids is 1.